The van der Waals surface area contributed by atoms with Gasteiger partial charge < -0.3 is 15.4 Å². The van der Waals surface area contributed by atoms with Crippen LogP contribution in [0.5, 0.6) is 0 Å². The summed E-state index contributed by atoms with van der Waals surface area (Å²) in [5.41, 5.74) is 7.69. The Labute approximate surface area is 120 Å². The Morgan fingerprint density at radius 1 is 1.40 bits per heavy atom. The number of ether oxygens (including phenoxy) is 1. The van der Waals surface area contributed by atoms with E-state index < -0.39 is 0 Å². The Kier molecular flexibility index (Phi) is 4.65. The number of nitrogens with zero attached hydrogens (tertiary/aromatic N) is 1. The van der Waals surface area contributed by atoms with Crippen LogP contribution in [0.25, 0.3) is 0 Å². The summed E-state index contributed by atoms with van der Waals surface area (Å²) in [6.07, 6.45) is 1.65. The van der Waals surface area contributed by atoms with E-state index in [2.05, 4.69) is 0 Å². The fourth-order valence-electron chi connectivity index (χ4n) is 2.55. The van der Waals surface area contributed by atoms with Gasteiger partial charge in [-0.2, -0.15) is 0 Å². The Morgan fingerprint density at radius 3 is 2.65 bits per heavy atom. The Balaban J connectivity index is 2.11. The molecule has 1 aliphatic heterocycles. The molecule has 1 aliphatic rings. The van der Waals surface area contributed by atoms with Crippen LogP contribution < -0.4 is 5.73 Å². The lowest BCUT2D eigenvalue weighted by molar-refractivity contribution is -0.145. The minimum atomic E-state index is -0.294. The van der Waals surface area contributed by atoms with Gasteiger partial charge in [0.05, 0.1) is 6.10 Å². The zero-order valence-electron chi connectivity index (χ0n) is 12.5. The molecule has 20 heavy (non-hydrogen) atoms. The molecule has 0 bridgehead atoms. The van der Waals surface area contributed by atoms with Crippen molar-refractivity contribution in [3.63, 3.8) is 0 Å². The highest BCUT2D eigenvalue weighted by molar-refractivity contribution is 5.81. The van der Waals surface area contributed by atoms with Crippen LogP contribution in [0.1, 0.15) is 39.2 Å². The van der Waals surface area contributed by atoms with Crippen LogP contribution in [-0.2, 0) is 16.1 Å². The number of carbonyl (C=O) groups is 1. The smallest absolute Gasteiger partial charge is 0.252 e. The molecule has 1 amide bonds. The van der Waals surface area contributed by atoms with Gasteiger partial charge in [0, 0.05) is 18.3 Å². The molecule has 2 unspecified atom stereocenters. The quantitative estimate of drug-likeness (QED) is 0.860. The van der Waals surface area contributed by atoms with Gasteiger partial charge in [-0.05, 0) is 45.2 Å². The Hall–Kier alpha value is -1.55. The number of nitrogen functional groups attached to an aromatic ring is 1. The molecule has 0 radical (unpaired) electrons. The molecule has 1 heterocycles. The molecular formula is C16H24N2O2. The van der Waals surface area contributed by atoms with E-state index in [0.717, 1.165) is 24.1 Å². The van der Waals surface area contributed by atoms with Gasteiger partial charge in [-0.15, -0.1) is 0 Å². The van der Waals surface area contributed by atoms with Gasteiger partial charge in [-0.1, -0.05) is 18.2 Å². The maximum Gasteiger partial charge on any atom is 0.252 e. The van der Waals surface area contributed by atoms with Crippen LogP contribution in [0.3, 0.4) is 0 Å². The minimum absolute atomic E-state index is 0.0765. The highest BCUT2D eigenvalue weighted by Gasteiger charge is 2.32. The zero-order valence-corrected chi connectivity index (χ0v) is 12.5. The second-order valence-electron chi connectivity index (χ2n) is 5.77. The van der Waals surface area contributed by atoms with E-state index in [1.54, 1.807) is 0 Å². The molecule has 1 aromatic carbocycles. The second-order valence-corrected chi connectivity index (χ2v) is 5.77. The first-order chi connectivity index (χ1) is 9.49. The van der Waals surface area contributed by atoms with E-state index in [1.807, 2.05) is 49.9 Å². The van der Waals surface area contributed by atoms with E-state index in [0.29, 0.717) is 6.54 Å². The number of hydrogen-bond donors (Lipinski definition) is 1. The number of hydrogen-bond acceptors (Lipinski definition) is 3. The lowest BCUT2D eigenvalue weighted by Gasteiger charge is -2.29. The molecule has 2 N–H and O–H groups in total. The topological polar surface area (TPSA) is 55.6 Å². The van der Waals surface area contributed by atoms with Crippen molar-refractivity contribution in [3.05, 3.63) is 29.8 Å². The molecule has 1 saturated heterocycles. The fourth-order valence-corrected chi connectivity index (χ4v) is 2.55. The molecule has 0 aliphatic carbocycles. The summed E-state index contributed by atoms with van der Waals surface area (Å²) in [4.78, 5) is 14.5. The molecule has 1 aromatic rings. The van der Waals surface area contributed by atoms with Crippen molar-refractivity contribution in [1.82, 2.24) is 4.90 Å². The first-order valence-electron chi connectivity index (χ1n) is 7.28. The predicted molar refractivity (Wildman–Crippen MR) is 80.1 cm³/mol. The number of anilines is 1. The average Bonchev–Trinajstić information content (AvgIpc) is 2.83. The van der Waals surface area contributed by atoms with Gasteiger partial charge in [0.1, 0.15) is 6.10 Å². The van der Waals surface area contributed by atoms with Gasteiger partial charge >= 0.3 is 0 Å². The van der Waals surface area contributed by atoms with Gasteiger partial charge in [-0.25, -0.2) is 0 Å². The number of rotatable bonds is 4. The highest BCUT2D eigenvalue weighted by atomic mass is 16.5. The van der Waals surface area contributed by atoms with Crippen LogP contribution in [0, 0.1) is 0 Å². The monoisotopic (exact) mass is 276 g/mol. The summed E-state index contributed by atoms with van der Waals surface area (Å²) in [6.45, 7) is 6.60. The standard InChI is InChI=1S/C16H24N2O2/c1-11(2)18(10-13-6-4-5-7-14(13)17)16(19)15-9-8-12(3)20-15/h4-7,11-12,15H,8-10,17H2,1-3H3. The summed E-state index contributed by atoms with van der Waals surface area (Å²) < 4.78 is 5.70. The molecule has 110 valence electrons. The SMILES string of the molecule is CC1CCC(C(=O)N(Cc2ccccc2N)C(C)C)O1. The fraction of sp³-hybridized carbons (Fsp3) is 0.562. The van der Waals surface area contributed by atoms with Crippen LogP contribution in [0.15, 0.2) is 24.3 Å². The van der Waals surface area contributed by atoms with Crippen LogP contribution in [-0.4, -0.2) is 29.1 Å². The summed E-state index contributed by atoms with van der Waals surface area (Å²) >= 11 is 0. The van der Waals surface area contributed by atoms with Crippen LogP contribution in [0.2, 0.25) is 0 Å². The van der Waals surface area contributed by atoms with Crippen molar-refractivity contribution in [2.45, 2.75) is 58.4 Å². The highest BCUT2D eigenvalue weighted by Crippen LogP contribution is 2.23. The molecule has 2 rings (SSSR count). The summed E-state index contributed by atoms with van der Waals surface area (Å²) in [5.74, 6) is 0.0765. The third-order valence-corrected chi connectivity index (χ3v) is 3.81. The lowest BCUT2D eigenvalue weighted by Crippen LogP contribution is -2.43. The number of amides is 1. The minimum Gasteiger partial charge on any atom is -0.398 e. The van der Waals surface area contributed by atoms with Crippen LogP contribution >= 0.6 is 0 Å². The summed E-state index contributed by atoms with van der Waals surface area (Å²) in [5, 5.41) is 0. The lowest BCUT2D eigenvalue weighted by atomic mass is 10.1. The van der Waals surface area contributed by atoms with Gasteiger partial charge in [0.25, 0.3) is 5.91 Å². The third kappa shape index (κ3) is 3.31. The molecule has 2 atom stereocenters. The molecule has 4 nitrogen and oxygen atoms in total. The van der Waals surface area contributed by atoms with Crippen molar-refractivity contribution >= 4 is 11.6 Å². The summed E-state index contributed by atoms with van der Waals surface area (Å²) in [6, 6.07) is 7.81. The maximum absolute atomic E-state index is 12.6. The molecule has 0 saturated carbocycles. The van der Waals surface area contributed by atoms with Crippen molar-refractivity contribution in [1.29, 1.82) is 0 Å². The number of carbonyl (C=O) groups excluding carboxylic acids is 1. The van der Waals surface area contributed by atoms with Crippen molar-refractivity contribution in [2.24, 2.45) is 0 Å². The largest absolute Gasteiger partial charge is 0.398 e. The third-order valence-electron chi connectivity index (χ3n) is 3.81. The van der Waals surface area contributed by atoms with E-state index in [4.69, 9.17) is 10.5 Å². The van der Waals surface area contributed by atoms with Crippen molar-refractivity contribution in [2.75, 3.05) is 5.73 Å². The first kappa shape index (κ1) is 14.9. The van der Waals surface area contributed by atoms with E-state index in [1.165, 1.54) is 0 Å². The molecule has 0 spiro atoms. The number of nitrogens with two attached hydrogens (primary N) is 1. The molecule has 1 fully saturated rings. The molecule has 0 aromatic heterocycles. The van der Waals surface area contributed by atoms with Crippen LogP contribution in [0.4, 0.5) is 5.69 Å². The van der Waals surface area contributed by atoms with Gasteiger partial charge in [-0.3, -0.25) is 4.79 Å². The summed E-state index contributed by atoms with van der Waals surface area (Å²) in [7, 11) is 0. The second kappa shape index (κ2) is 6.27. The van der Waals surface area contributed by atoms with Crippen molar-refractivity contribution < 1.29 is 9.53 Å². The molecular weight excluding hydrogens is 252 g/mol. The van der Waals surface area contributed by atoms with E-state index in [-0.39, 0.29) is 24.2 Å². The van der Waals surface area contributed by atoms with Gasteiger partial charge in [0.15, 0.2) is 0 Å². The number of para-hydroxylation sites is 1. The Morgan fingerprint density at radius 2 is 2.10 bits per heavy atom. The zero-order chi connectivity index (χ0) is 14.7. The normalized spacial score (nSPS) is 22.2. The first-order valence-corrected chi connectivity index (χ1v) is 7.28. The number of benzene rings is 1. The maximum atomic E-state index is 12.6. The van der Waals surface area contributed by atoms with Gasteiger partial charge in [0.2, 0.25) is 0 Å². The molecule has 4 heteroatoms. The average molecular weight is 276 g/mol. The van der Waals surface area contributed by atoms with E-state index in [9.17, 15) is 4.79 Å². The van der Waals surface area contributed by atoms with Crippen molar-refractivity contribution in [3.8, 4) is 0 Å². The Bertz CT molecular complexity index is 473. The predicted octanol–water partition coefficient (Wildman–Crippen LogP) is 2.57. The van der Waals surface area contributed by atoms with E-state index >= 15 is 0 Å².